The van der Waals surface area contributed by atoms with Gasteiger partial charge in [0.05, 0.1) is 23.4 Å². The smallest absolute Gasteiger partial charge is 0.315 e. The zero-order valence-corrected chi connectivity index (χ0v) is 11.2. The predicted octanol–water partition coefficient (Wildman–Crippen LogP) is 0.982. The zero-order valence-electron chi connectivity index (χ0n) is 10.4. The van der Waals surface area contributed by atoms with Crippen LogP contribution in [0.3, 0.4) is 0 Å². The Morgan fingerprint density at radius 1 is 1.53 bits per heavy atom. The van der Waals surface area contributed by atoms with Gasteiger partial charge in [-0.25, -0.2) is 9.78 Å². The van der Waals surface area contributed by atoms with E-state index in [1.165, 1.54) is 4.88 Å². The zero-order chi connectivity index (χ0) is 12.8. The topological polar surface area (TPSA) is 74.2 Å². The molecule has 0 saturated carbocycles. The maximum atomic E-state index is 11.3. The molecule has 0 bridgehead atoms. The Hall–Kier alpha value is -1.14. The molecule has 0 aliphatic heterocycles. The first-order chi connectivity index (χ1) is 8.02. The average Bonchev–Trinajstić information content (AvgIpc) is 2.57. The predicted molar refractivity (Wildman–Crippen MR) is 68.4 cm³/mol. The molecule has 0 radical (unpaired) electrons. The van der Waals surface area contributed by atoms with Crippen LogP contribution in [0.4, 0.5) is 4.79 Å². The van der Waals surface area contributed by atoms with E-state index in [-0.39, 0.29) is 18.7 Å². The van der Waals surface area contributed by atoms with Gasteiger partial charge in [0.15, 0.2) is 0 Å². The Morgan fingerprint density at radius 2 is 2.24 bits per heavy atom. The van der Waals surface area contributed by atoms with Crippen molar-refractivity contribution in [1.82, 2.24) is 15.6 Å². The van der Waals surface area contributed by atoms with Gasteiger partial charge in [-0.1, -0.05) is 0 Å². The molecule has 0 aliphatic carbocycles. The van der Waals surface area contributed by atoms with Crippen LogP contribution in [0, 0.1) is 13.8 Å². The number of nitrogens with zero attached hydrogens (tertiary/aromatic N) is 1. The lowest BCUT2D eigenvalue weighted by molar-refractivity contribution is 0.220. The quantitative estimate of drug-likeness (QED) is 0.736. The molecule has 1 heterocycles. The van der Waals surface area contributed by atoms with Gasteiger partial charge in [0, 0.05) is 17.8 Å². The van der Waals surface area contributed by atoms with Crippen molar-refractivity contribution in [2.75, 3.05) is 13.2 Å². The highest BCUT2D eigenvalue weighted by Gasteiger charge is 2.07. The molecule has 96 valence electrons. The molecule has 0 saturated heterocycles. The number of hydrogen-bond acceptors (Lipinski definition) is 4. The van der Waals surface area contributed by atoms with Crippen LogP contribution in [0.1, 0.15) is 22.5 Å². The van der Waals surface area contributed by atoms with Crippen molar-refractivity contribution >= 4 is 17.4 Å². The summed E-state index contributed by atoms with van der Waals surface area (Å²) in [6.07, 6.45) is 0.790. The van der Waals surface area contributed by atoms with E-state index in [1.54, 1.807) is 18.3 Å². The Morgan fingerprint density at radius 3 is 2.76 bits per heavy atom. The monoisotopic (exact) mass is 257 g/mol. The van der Waals surface area contributed by atoms with E-state index in [4.69, 9.17) is 5.11 Å². The highest BCUT2D eigenvalue weighted by molar-refractivity contribution is 7.11. The molecule has 6 heteroatoms. The number of aromatic nitrogens is 1. The van der Waals surface area contributed by atoms with Crippen molar-refractivity contribution in [1.29, 1.82) is 0 Å². The number of carbonyl (C=O) groups excluding carboxylic acids is 1. The first-order valence-electron chi connectivity index (χ1n) is 5.61. The van der Waals surface area contributed by atoms with Crippen molar-refractivity contribution in [2.45, 2.75) is 33.2 Å². The summed E-state index contributed by atoms with van der Waals surface area (Å²) in [6.45, 7) is 6.22. The van der Waals surface area contributed by atoms with E-state index >= 15 is 0 Å². The van der Waals surface area contributed by atoms with Crippen LogP contribution in [-0.2, 0) is 6.42 Å². The molecule has 0 spiro atoms. The van der Waals surface area contributed by atoms with E-state index in [2.05, 4.69) is 15.6 Å². The molecule has 2 amide bonds. The molecule has 0 fully saturated rings. The molecule has 0 aromatic carbocycles. The number of nitrogens with one attached hydrogen (secondary N) is 2. The van der Waals surface area contributed by atoms with Gasteiger partial charge in [0.2, 0.25) is 0 Å². The molecule has 1 aromatic heterocycles. The number of aliphatic hydroxyl groups excluding tert-OH is 1. The summed E-state index contributed by atoms with van der Waals surface area (Å²) in [6, 6.07) is -0.465. The molecular weight excluding hydrogens is 238 g/mol. The number of aryl methyl sites for hydroxylation is 2. The molecule has 0 unspecified atom stereocenters. The highest BCUT2D eigenvalue weighted by Crippen LogP contribution is 2.16. The van der Waals surface area contributed by atoms with Crippen molar-refractivity contribution in [3.63, 3.8) is 0 Å². The molecular formula is C11H19N3O2S. The van der Waals surface area contributed by atoms with E-state index in [9.17, 15) is 4.79 Å². The summed E-state index contributed by atoms with van der Waals surface area (Å²) in [5.41, 5.74) is 1.04. The van der Waals surface area contributed by atoms with Crippen LogP contribution < -0.4 is 10.6 Å². The number of aliphatic hydroxyl groups is 1. The van der Waals surface area contributed by atoms with Crippen LogP contribution in [0.25, 0.3) is 0 Å². The van der Waals surface area contributed by atoms with Crippen molar-refractivity contribution in [2.24, 2.45) is 0 Å². The maximum absolute atomic E-state index is 11.3. The van der Waals surface area contributed by atoms with Crippen molar-refractivity contribution in [3.8, 4) is 0 Å². The molecule has 17 heavy (non-hydrogen) atoms. The molecule has 1 atom stereocenters. The fourth-order valence-corrected chi connectivity index (χ4v) is 2.35. The minimum Gasteiger partial charge on any atom is -0.394 e. The van der Waals surface area contributed by atoms with Gasteiger partial charge in [0.1, 0.15) is 0 Å². The summed E-state index contributed by atoms with van der Waals surface area (Å²) in [5, 5.41) is 15.2. The summed E-state index contributed by atoms with van der Waals surface area (Å²) >= 11 is 1.66. The summed E-state index contributed by atoms with van der Waals surface area (Å²) in [4.78, 5) is 16.9. The number of urea groups is 1. The van der Waals surface area contributed by atoms with Gasteiger partial charge in [-0.05, 0) is 20.8 Å². The Bertz CT molecular complexity index is 379. The number of carbonyl (C=O) groups is 1. The highest BCUT2D eigenvalue weighted by atomic mass is 32.1. The third kappa shape index (κ3) is 4.70. The van der Waals surface area contributed by atoms with Crippen LogP contribution in [0.2, 0.25) is 0 Å². The summed E-state index contributed by atoms with van der Waals surface area (Å²) in [5.74, 6) is 0. The third-order valence-corrected chi connectivity index (χ3v) is 3.42. The number of amides is 2. The number of hydrogen-bond donors (Lipinski definition) is 3. The van der Waals surface area contributed by atoms with Gasteiger partial charge in [-0.2, -0.15) is 0 Å². The number of rotatable bonds is 5. The first-order valence-corrected chi connectivity index (χ1v) is 6.42. The van der Waals surface area contributed by atoms with Crippen LogP contribution in [-0.4, -0.2) is 35.3 Å². The van der Waals surface area contributed by atoms with Gasteiger partial charge in [-0.15, -0.1) is 11.3 Å². The Balaban J connectivity index is 2.28. The average molecular weight is 257 g/mol. The van der Waals surface area contributed by atoms with Crippen molar-refractivity contribution in [3.05, 3.63) is 15.6 Å². The van der Waals surface area contributed by atoms with Crippen LogP contribution in [0.5, 0.6) is 0 Å². The largest absolute Gasteiger partial charge is 0.394 e. The minimum atomic E-state index is -0.245. The minimum absolute atomic E-state index is 0.0550. The van der Waals surface area contributed by atoms with Gasteiger partial charge in [-0.3, -0.25) is 0 Å². The normalized spacial score (nSPS) is 12.2. The molecule has 1 rings (SSSR count). The summed E-state index contributed by atoms with van der Waals surface area (Å²) < 4.78 is 0. The molecule has 0 aliphatic rings. The lowest BCUT2D eigenvalue weighted by Gasteiger charge is -2.11. The third-order valence-electron chi connectivity index (χ3n) is 2.29. The van der Waals surface area contributed by atoms with Crippen LogP contribution >= 0.6 is 11.3 Å². The van der Waals surface area contributed by atoms with E-state index in [0.717, 1.165) is 17.1 Å². The van der Waals surface area contributed by atoms with Gasteiger partial charge >= 0.3 is 6.03 Å². The van der Waals surface area contributed by atoms with E-state index < -0.39 is 0 Å². The second-order valence-corrected chi connectivity index (χ2v) is 5.26. The van der Waals surface area contributed by atoms with E-state index in [1.807, 2.05) is 13.8 Å². The molecule has 5 nitrogen and oxygen atoms in total. The standard InChI is InChI=1S/C11H19N3O2S/c1-7(6-15)13-11(16)12-5-4-10-8(2)14-9(3)17-10/h7,15H,4-6H2,1-3H3,(H2,12,13,16)/t7-/m0/s1. The number of thiazole rings is 1. The van der Waals surface area contributed by atoms with E-state index in [0.29, 0.717) is 6.54 Å². The maximum Gasteiger partial charge on any atom is 0.315 e. The lowest BCUT2D eigenvalue weighted by Crippen LogP contribution is -2.42. The fourth-order valence-electron chi connectivity index (χ4n) is 1.42. The summed E-state index contributed by atoms with van der Waals surface area (Å²) in [7, 11) is 0. The molecule has 3 N–H and O–H groups in total. The molecule has 1 aromatic rings. The van der Waals surface area contributed by atoms with Gasteiger partial charge in [0.25, 0.3) is 0 Å². The second kappa shape index (κ2) is 6.56. The SMILES string of the molecule is Cc1nc(C)c(CCNC(=O)N[C@@H](C)CO)s1. The van der Waals surface area contributed by atoms with Crippen molar-refractivity contribution < 1.29 is 9.90 Å². The fraction of sp³-hybridized carbons (Fsp3) is 0.636. The van der Waals surface area contributed by atoms with Crippen LogP contribution in [0.15, 0.2) is 0 Å². The Labute approximate surface area is 105 Å². The van der Waals surface area contributed by atoms with Gasteiger partial charge < -0.3 is 15.7 Å². The lowest BCUT2D eigenvalue weighted by atomic mass is 10.3. The second-order valence-electron chi connectivity index (χ2n) is 3.98. The first kappa shape index (κ1) is 13.9. The Kier molecular flexibility index (Phi) is 5.37.